The van der Waals surface area contributed by atoms with E-state index in [1.165, 1.54) is 12.1 Å². The zero-order valence-electron chi connectivity index (χ0n) is 10.8. The Morgan fingerprint density at radius 1 is 1.58 bits per heavy atom. The fraction of sp³-hybridized carbons (Fsp3) is 0.385. The molecule has 0 amide bonds. The minimum Gasteiger partial charge on any atom is -0.479 e. The lowest BCUT2D eigenvalue weighted by molar-refractivity contribution is -0.385. The molecule has 0 radical (unpaired) electrons. The van der Waals surface area contributed by atoms with E-state index >= 15 is 0 Å². The van der Waals surface area contributed by atoms with Crippen molar-refractivity contribution in [2.75, 3.05) is 6.61 Å². The first-order valence-electron chi connectivity index (χ1n) is 5.83. The van der Waals surface area contributed by atoms with Crippen molar-refractivity contribution in [2.45, 2.75) is 20.3 Å². The molecule has 1 aromatic rings. The molecule has 0 heterocycles. The number of ether oxygens (including phenoxy) is 1. The Morgan fingerprint density at radius 2 is 2.26 bits per heavy atom. The van der Waals surface area contributed by atoms with Gasteiger partial charge in [0.1, 0.15) is 6.61 Å². The van der Waals surface area contributed by atoms with E-state index in [0.717, 1.165) is 6.07 Å². The predicted octanol–water partition coefficient (Wildman–Crippen LogP) is 2.46. The van der Waals surface area contributed by atoms with Gasteiger partial charge in [-0.2, -0.15) is 5.26 Å². The molecular formula is C13H14N2O4. The molecule has 0 spiro atoms. The second-order valence-corrected chi connectivity index (χ2v) is 4.12. The lowest BCUT2D eigenvalue weighted by Crippen LogP contribution is -2.19. The molecule has 1 unspecified atom stereocenters. The van der Waals surface area contributed by atoms with Gasteiger partial charge in [-0.1, -0.05) is 13.8 Å². The molecule has 0 aliphatic heterocycles. The van der Waals surface area contributed by atoms with Crippen LogP contribution in [-0.4, -0.2) is 17.3 Å². The van der Waals surface area contributed by atoms with E-state index in [9.17, 15) is 14.9 Å². The van der Waals surface area contributed by atoms with Gasteiger partial charge >= 0.3 is 5.69 Å². The zero-order chi connectivity index (χ0) is 14.4. The summed E-state index contributed by atoms with van der Waals surface area (Å²) < 4.78 is 5.18. The maximum Gasteiger partial charge on any atom is 0.312 e. The number of nitrogens with zero attached hydrogens (tertiary/aromatic N) is 2. The zero-order valence-corrected chi connectivity index (χ0v) is 10.8. The van der Waals surface area contributed by atoms with Crippen molar-refractivity contribution in [3.8, 4) is 11.8 Å². The van der Waals surface area contributed by atoms with Crippen LogP contribution in [0.25, 0.3) is 0 Å². The van der Waals surface area contributed by atoms with Crippen molar-refractivity contribution in [2.24, 2.45) is 5.92 Å². The van der Waals surface area contributed by atoms with Crippen molar-refractivity contribution < 1.29 is 14.5 Å². The van der Waals surface area contributed by atoms with Gasteiger partial charge in [0.2, 0.25) is 0 Å². The van der Waals surface area contributed by atoms with Gasteiger partial charge in [0.25, 0.3) is 0 Å². The maximum absolute atomic E-state index is 11.6. The number of carbonyl (C=O) groups is 1. The van der Waals surface area contributed by atoms with E-state index in [0.29, 0.717) is 6.42 Å². The van der Waals surface area contributed by atoms with E-state index in [1.807, 2.05) is 13.0 Å². The van der Waals surface area contributed by atoms with Crippen molar-refractivity contribution in [3.05, 3.63) is 33.9 Å². The lowest BCUT2D eigenvalue weighted by atomic mass is 10.0. The predicted molar refractivity (Wildman–Crippen MR) is 67.8 cm³/mol. The summed E-state index contributed by atoms with van der Waals surface area (Å²) in [5.41, 5.74) is -0.136. The minimum atomic E-state index is -0.635. The van der Waals surface area contributed by atoms with Crippen LogP contribution in [0, 0.1) is 27.4 Å². The molecule has 0 fully saturated rings. The van der Waals surface area contributed by atoms with E-state index in [-0.39, 0.29) is 35.3 Å². The highest BCUT2D eigenvalue weighted by Gasteiger charge is 2.18. The van der Waals surface area contributed by atoms with Gasteiger partial charge in [-0.15, -0.1) is 0 Å². The molecule has 19 heavy (non-hydrogen) atoms. The maximum atomic E-state index is 11.6. The number of nitro benzene ring substituents is 1. The summed E-state index contributed by atoms with van der Waals surface area (Å²) in [5, 5.41) is 19.5. The summed E-state index contributed by atoms with van der Waals surface area (Å²) in [6.07, 6.45) is 0.692. The van der Waals surface area contributed by atoms with Gasteiger partial charge in [-0.3, -0.25) is 14.9 Å². The van der Waals surface area contributed by atoms with Crippen LogP contribution in [0.1, 0.15) is 25.8 Å². The van der Waals surface area contributed by atoms with Gasteiger partial charge in [0.15, 0.2) is 11.5 Å². The Balaban J connectivity index is 2.87. The molecule has 0 aromatic heterocycles. The SMILES string of the molecule is CCC(C)C(=O)COc1ccc(C#N)cc1[N+](=O)[O-]. The van der Waals surface area contributed by atoms with Crippen LogP contribution in [0.4, 0.5) is 5.69 Å². The first kappa shape index (κ1) is 14.6. The molecule has 6 nitrogen and oxygen atoms in total. The molecule has 0 saturated carbocycles. The monoisotopic (exact) mass is 262 g/mol. The second-order valence-electron chi connectivity index (χ2n) is 4.12. The number of ketones is 1. The molecule has 0 saturated heterocycles. The highest BCUT2D eigenvalue weighted by atomic mass is 16.6. The molecular weight excluding hydrogens is 248 g/mol. The van der Waals surface area contributed by atoms with Gasteiger partial charge < -0.3 is 4.74 Å². The van der Waals surface area contributed by atoms with E-state index in [2.05, 4.69) is 0 Å². The summed E-state index contributed by atoms with van der Waals surface area (Å²) in [5.74, 6) is -0.251. The largest absolute Gasteiger partial charge is 0.479 e. The van der Waals surface area contributed by atoms with Gasteiger partial charge in [0, 0.05) is 12.0 Å². The number of hydrogen-bond acceptors (Lipinski definition) is 5. The Morgan fingerprint density at radius 3 is 2.79 bits per heavy atom. The summed E-state index contributed by atoms with van der Waals surface area (Å²) in [6.45, 7) is 3.45. The van der Waals surface area contributed by atoms with Crippen LogP contribution in [-0.2, 0) is 4.79 Å². The van der Waals surface area contributed by atoms with Gasteiger partial charge in [-0.25, -0.2) is 0 Å². The Labute approximate surface area is 110 Å². The van der Waals surface area contributed by atoms with Crippen molar-refractivity contribution in [1.82, 2.24) is 0 Å². The molecule has 0 aliphatic carbocycles. The molecule has 1 rings (SSSR count). The fourth-order valence-electron chi connectivity index (χ4n) is 1.37. The highest BCUT2D eigenvalue weighted by Crippen LogP contribution is 2.27. The lowest BCUT2D eigenvalue weighted by Gasteiger charge is -2.09. The summed E-state index contributed by atoms with van der Waals surface area (Å²) in [6, 6.07) is 5.69. The number of rotatable bonds is 6. The number of nitriles is 1. The van der Waals surface area contributed by atoms with Gasteiger partial charge in [0.05, 0.1) is 16.6 Å². The number of Topliss-reactive ketones (excluding diaryl/α,β-unsaturated/α-hetero) is 1. The normalized spacial score (nSPS) is 11.4. The third-order valence-electron chi connectivity index (χ3n) is 2.82. The number of nitro groups is 1. The molecule has 6 heteroatoms. The number of hydrogen-bond donors (Lipinski definition) is 0. The van der Waals surface area contributed by atoms with Crippen molar-refractivity contribution in [1.29, 1.82) is 5.26 Å². The summed E-state index contributed by atoms with van der Waals surface area (Å²) >= 11 is 0. The highest BCUT2D eigenvalue weighted by molar-refractivity contribution is 5.82. The van der Waals surface area contributed by atoms with Crippen LogP contribution in [0.15, 0.2) is 18.2 Å². The van der Waals surface area contributed by atoms with Crippen molar-refractivity contribution in [3.63, 3.8) is 0 Å². The van der Waals surface area contributed by atoms with E-state index < -0.39 is 4.92 Å². The molecule has 1 aromatic carbocycles. The average Bonchev–Trinajstić information content (AvgIpc) is 2.43. The minimum absolute atomic E-state index is 0.000605. The quantitative estimate of drug-likeness (QED) is 0.579. The van der Waals surface area contributed by atoms with E-state index in [4.69, 9.17) is 10.00 Å². The number of benzene rings is 1. The first-order valence-corrected chi connectivity index (χ1v) is 5.83. The van der Waals surface area contributed by atoms with Crippen LogP contribution < -0.4 is 4.74 Å². The summed E-state index contributed by atoms with van der Waals surface area (Å²) in [7, 11) is 0. The van der Waals surface area contributed by atoms with E-state index in [1.54, 1.807) is 6.92 Å². The van der Waals surface area contributed by atoms with Crippen LogP contribution in [0.2, 0.25) is 0 Å². The topological polar surface area (TPSA) is 93.2 Å². The summed E-state index contributed by atoms with van der Waals surface area (Å²) in [4.78, 5) is 21.8. The average molecular weight is 262 g/mol. The van der Waals surface area contributed by atoms with Gasteiger partial charge in [-0.05, 0) is 18.6 Å². The van der Waals surface area contributed by atoms with Crippen LogP contribution in [0.5, 0.6) is 5.75 Å². The molecule has 0 aliphatic rings. The fourth-order valence-corrected chi connectivity index (χ4v) is 1.37. The van der Waals surface area contributed by atoms with Crippen LogP contribution >= 0.6 is 0 Å². The Kier molecular flexibility index (Phi) is 5.01. The first-order chi connectivity index (χ1) is 8.99. The Bertz CT molecular complexity index is 534. The Hall–Kier alpha value is -2.42. The smallest absolute Gasteiger partial charge is 0.312 e. The molecule has 0 bridgehead atoms. The third kappa shape index (κ3) is 3.78. The molecule has 0 N–H and O–H groups in total. The molecule has 1 atom stereocenters. The van der Waals surface area contributed by atoms with Crippen LogP contribution in [0.3, 0.4) is 0 Å². The standard InChI is InChI=1S/C13H14N2O4/c1-3-9(2)12(16)8-19-13-5-4-10(7-14)6-11(13)15(17)18/h4-6,9H,3,8H2,1-2H3. The number of carbonyl (C=O) groups excluding carboxylic acids is 1. The second kappa shape index (κ2) is 6.50. The van der Waals surface area contributed by atoms with Crippen molar-refractivity contribution >= 4 is 11.5 Å². The molecule has 100 valence electrons. The third-order valence-corrected chi connectivity index (χ3v) is 2.82.